The van der Waals surface area contributed by atoms with Gasteiger partial charge in [-0.2, -0.15) is 0 Å². The lowest BCUT2D eigenvalue weighted by atomic mass is 10.3. The maximum Gasteiger partial charge on any atom is 0.182 e. The Hall–Kier alpha value is -2.49. The average molecular weight is 237 g/mol. The van der Waals surface area contributed by atoms with Crippen molar-refractivity contribution in [3.8, 4) is 11.5 Å². The zero-order valence-electron chi connectivity index (χ0n) is 9.87. The molecule has 88 valence electrons. The molecule has 0 aliphatic carbocycles. The summed E-state index contributed by atoms with van der Waals surface area (Å²) < 4.78 is 5.79. The van der Waals surface area contributed by atoms with Gasteiger partial charge in [-0.05, 0) is 19.1 Å². The molecule has 0 saturated heterocycles. The van der Waals surface area contributed by atoms with Crippen molar-refractivity contribution < 1.29 is 4.74 Å². The summed E-state index contributed by atoms with van der Waals surface area (Å²) in [7, 11) is 0. The molecule has 4 heteroatoms. The number of fused-ring (bicyclic) bond motifs is 1. The Kier molecular flexibility index (Phi) is 2.61. The molecule has 0 spiro atoms. The van der Waals surface area contributed by atoms with Gasteiger partial charge in [0.25, 0.3) is 0 Å². The van der Waals surface area contributed by atoms with Crippen LogP contribution in [-0.2, 0) is 0 Å². The summed E-state index contributed by atoms with van der Waals surface area (Å²) in [6.07, 6.45) is 3.39. The summed E-state index contributed by atoms with van der Waals surface area (Å²) >= 11 is 0. The quantitative estimate of drug-likeness (QED) is 0.687. The molecule has 0 amide bonds. The highest BCUT2D eigenvalue weighted by atomic mass is 16.5. The Labute approximate surface area is 104 Å². The SMILES string of the molecule is Cc1cnc2c(Oc3ccccc3)ccnc2n1. The Bertz CT molecular complexity index is 683. The smallest absolute Gasteiger partial charge is 0.182 e. The van der Waals surface area contributed by atoms with Crippen LogP contribution in [0.2, 0.25) is 0 Å². The van der Waals surface area contributed by atoms with Crippen molar-refractivity contribution in [2.45, 2.75) is 6.92 Å². The lowest BCUT2D eigenvalue weighted by Crippen LogP contribution is -1.93. The van der Waals surface area contributed by atoms with Crippen molar-refractivity contribution in [3.05, 3.63) is 54.5 Å². The molecule has 1 aromatic carbocycles. The summed E-state index contributed by atoms with van der Waals surface area (Å²) in [5.41, 5.74) is 2.11. The van der Waals surface area contributed by atoms with Crippen LogP contribution in [0.1, 0.15) is 5.69 Å². The van der Waals surface area contributed by atoms with Gasteiger partial charge in [0.1, 0.15) is 5.75 Å². The van der Waals surface area contributed by atoms with Gasteiger partial charge >= 0.3 is 0 Å². The predicted molar refractivity (Wildman–Crippen MR) is 68.6 cm³/mol. The molecule has 0 aliphatic heterocycles. The first-order valence-electron chi connectivity index (χ1n) is 5.64. The molecule has 0 unspecified atom stereocenters. The number of nitrogens with zero attached hydrogens (tertiary/aromatic N) is 3. The van der Waals surface area contributed by atoms with Crippen molar-refractivity contribution in [1.82, 2.24) is 15.0 Å². The van der Waals surface area contributed by atoms with Crippen LogP contribution in [0.25, 0.3) is 11.2 Å². The molecule has 2 aromatic heterocycles. The summed E-state index contributed by atoms with van der Waals surface area (Å²) in [6.45, 7) is 1.89. The fourth-order valence-corrected chi connectivity index (χ4v) is 1.68. The van der Waals surface area contributed by atoms with Crippen molar-refractivity contribution in [2.75, 3.05) is 0 Å². The molecular weight excluding hydrogens is 226 g/mol. The predicted octanol–water partition coefficient (Wildman–Crippen LogP) is 3.13. The number of para-hydroxylation sites is 1. The van der Waals surface area contributed by atoms with E-state index in [0.717, 1.165) is 11.4 Å². The Morgan fingerprint density at radius 3 is 2.67 bits per heavy atom. The minimum Gasteiger partial charge on any atom is -0.455 e. The topological polar surface area (TPSA) is 47.9 Å². The fraction of sp³-hybridized carbons (Fsp3) is 0.0714. The first-order valence-corrected chi connectivity index (χ1v) is 5.64. The standard InChI is InChI=1S/C14H11N3O/c1-10-9-16-13-12(7-8-15-14(13)17-10)18-11-5-3-2-4-6-11/h2-9H,1H3. The van der Waals surface area contributed by atoms with E-state index < -0.39 is 0 Å². The van der Waals surface area contributed by atoms with Crippen molar-refractivity contribution in [3.63, 3.8) is 0 Å². The zero-order valence-corrected chi connectivity index (χ0v) is 9.87. The Morgan fingerprint density at radius 1 is 1.00 bits per heavy atom. The third-order valence-electron chi connectivity index (χ3n) is 2.50. The molecule has 3 rings (SSSR count). The van der Waals surface area contributed by atoms with Gasteiger partial charge in [0.15, 0.2) is 16.9 Å². The van der Waals surface area contributed by atoms with Crippen LogP contribution in [0.5, 0.6) is 11.5 Å². The van der Waals surface area contributed by atoms with E-state index >= 15 is 0 Å². The van der Waals surface area contributed by atoms with E-state index in [1.165, 1.54) is 0 Å². The third-order valence-corrected chi connectivity index (χ3v) is 2.50. The second kappa shape index (κ2) is 4.41. The normalized spacial score (nSPS) is 10.5. The molecule has 18 heavy (non-hydrogen) atoms. The molecule has 4 nitrogen and oxygen atoms in total. The van der Waals surface area contributed by atoms with Gasteiger partial charge in [0.2, 0.25) is 0 Å². The van der Waals surface area contributed by atoms with Crippen LogP contribution in [-0.4, -0.2) is 15.0 Å². The fourth-order valence-electron chi connectivity index (χ4n) is 1.68. The van der Waals surface area contributed by atoms with Crippen LogP contribution in [0.3, 0.4) is 0 Å². The minimum atomic E-state index is 0.600. The van der Waals surface area contributed by atoms with E-state index in [9.17, 15) is 0 Å². The van der Waals surface area contributed by atoms with Crippen LogP contribution in [0.15, 0.2) is 48.8 Å². The summed E-state index contributed by atoms with van der Waals surface area (Å²) in [5, 5.41) is 0. The number of aryl methyl sites for hydroxylation is 1. The van der Waals surface area contributed by atoms with Gasteiger partial charge < -0.3 is 4.74 Å². The molecule has 3 aromatic rings. The Balaban J connectivity index is 2.07. The van der Waals surface area contributed by atoms with Crippen molar-refractivity contribution >= 4 is 11.2 Å². The van der Waals surface area contributed by atoms with E-state index in [-0.39, 0.29) is 0 Å². The molecule has 0 aliphatic rings. The number of rotatable bonds is 2. The lowest BCUT2D eigenvalue weighted by molar-refractivity contribution is 0.486. The van der Waals surface area contributed by atoms with Gasteiger partial charge in [-0.15, -0.1) is 0 Å². The van der Waals surface area contributed by atoms with Crippen LogP contribution < -0.4 is 4.74 Å². The highest BCUT2D eigenvalue weighted by Crippen LogP contribution is 2.26. The molecule has 0 saturated carbocycles. The minimum absolute atomic E-state index is 0.600. The third kappa shape index (κ3) is 2.00. The van der Waals surface area contributed by atoms with E-state index in [4.69, 9.17) is 4.74 Å². The highest BCUT2D eigenvalue weighted by molar-refractivity contribution is 5.77. The second-order valence-corrected chi connectivity index (χ2v) is 3.91. The van der Waals surface area contributed by atoms with Gasteiger partial charge in [0, 0.05) is 18.5 Å². The monoisotopic (exact) mass is 237 g/mol. The maximum atomic E-state index is 5.79. The number of hydrogen-bond donors (Lipinski definition) is 0. The molecule has 0 bridgehead atoms. The largest absolute Gasteiger partial charge is 0.455 e. The number of pyridine rings is 1. The van der Waals surface area contributed by atoms with E-state index in [0.29, 0.717) is 16.9 Å². The summed E-state index contributed by atoms with van der Waals surface area (Å²) in [6, 6.07) is 11.4. The molecule has 2 heterocycles. The van der Waals surface area contributed by atoms with Crippen LogP contribution in [0, 0.1) is 6.92 Å². The number of hydrogen-bond acceptors (Lipinski definition) is 4. The van der Waals surface area contributed by atoms with Crippen LogP contribution in [0.4, 0.5) is 0 Å². The lowest BCUT2D eigenvalue weighted by Gasteiger charge is -2.07. The first-order chi connectivity index (χ1) is 8.83. The molecular formula is C14H11N3O. The Morgan fingerprint density at radius 2 is 1.83 bits per heavy atom. The zero-order chi connectivity index (χ0) is 12.4. The van der Waals surface area contributed by atoms with E-state index in [1.807, 2.05) is 37.3 Å². The number of ether oxygens (including phenoxy) is 1. The van der Waals surface area contributed by atoms with Gasteiger partial charge in [-0.25, -0.2) is 15.0 Å². The number of benzene rings is 1. The van der Waals surface area contributed by atoms with Crippen molar-refractivity contribution in [2.24, 2.45) is 0 Å². The molecule has 0 fully saturated rings. The maximum absolute atomic E-state index is 5.79. The summed E-state index contributed by atoms with van der Waals surface area (Å²) in [4.78, 5) is 12.8. The van der Waals surface area contributed by atoms with Gasteiger partial charge in [-0.3, -0.25) is 0 Å². The van der Waals surface area contributed by atoms with Gasteiger partial charge in [0.05, 0.1) is 5.69 Å². The molecule has 0 radical (unpaired) electrons. The van der Waals surface area contributed by atoms with Crippen molar-refractivity contribution in [1.29, 1.82) is 0 Å². The van der Waals surface area contributed by atoms with Gasteiger partial charge in [-0.1, -0.05) is 18.2 Å². The highest BCUT2D eigenvalue weighted by Gasteiger charge is 2.06. The first kappa shape index (κ1) is 10.7. The van der Waals surface area contributed by atoms with E-state index in [1.54, 1.807) is 18.5 Å². The average Bonchev–Trinajstić information content (AvgIpc) is 2.40. The van der Waals surface area contributed by atoms with E-state index in [2.05, 4.69) is 15.0 Å². The molecule has 0 N–H and O–H groups in total. The number of aromatic nitrogens is 3. The second-order valence-electron chi connectivity index (χ2n) is 3.91. The molecule has 0 atom stereocenters. The van der Waals surface area contributed by atoms with Crippen LogP contribution >= 0.6 is 0 Å². The summed E-state index contributed by atoms with van der Waals surface area (Å²) in [5.74, 6) is 1.44.